The lowest BCUT2D eigenvalue weighted by molar-refractivity contribution is 0.296. The zero-order valence-corrected chi connectivity index (χ0v) is 11.2. The summed E-state index contributed by atoms with van der Waals surface area (Å²) in [4.78, 5) is 0. The number of aryl methyl sites for hydroxylation is 1. The standard InChI is InChI=1S/C16H17FO2/c1-3-12-6-4-5-7-16(12)19-11-13-8-9-14(18-2)10-15(13)17/h4-10H,3,11H2,1-2H3. The topological polar surface area (TPSA) is 18.5 Å². The summed E-state index contributed by atoms with van der Waals surface area (Å²) in [6.45, 7) is 2.28. The van der Waals surface area contributed by atoms with Crippen LogP contribution in [0.5, 0.6) is 11.5 Å². The molecule has 0 aliphatic carbocycles. The number of para-hydroxylation sites is 1. The molecule has 0 amide bonds. The molecule has 2 aromatic rings. The number of halogens is 1. The minimum atomic E-state index is -0.312. The Morgan fingerprint density at radius 1 is 1.05 bits per heavy atom. The van der Waals surface area contributed by atoms with E-state index in [0.717, 1.165) is 17.7 Å². The number of benzene rings is 2. The molecule has 0 saturated carbocycles. The highest BCUT2D eigenvalue weighted by Gasteiger charge is 2.06. The maximum absolute atomic E-state index is 13.8. The SMILES string of the molecule is CCc1ccccc1OCc1ccc(OC)cc1F. The van der Waals surface area contributed by atoms with Crippen molar-refractivity contribution in [1.29, 1.82) is 0 Å². The van der Waals surface area contributed by atoms with Gasteiger partial charge in [-0.2, -0.15) is 0 Å². The highest BCUT2D eigenvalue weighted by molar-refractivity contribution is 5.34. The van der Waals surface area contributed by atoms with E-state index < -0.39 is 0 Å². The van der Waals surface area contributed by atoms with Crippen LogP contribution in [0.2, 0.25) is 0 Å². The average Bonchev–Trinajstić information content (AvgIpc) is 2.46. The molecule has 100 valence electrons. The summed E-state index contributed by atoms with van der Waals surface area (Å²) in [6, 6.07) is 12.6. The van der Waals surface area contributed by atoms with Gasteiger partial charge < -0.3 is 9.47 Å². The zero-order valence-electron chi connectivity index (χ0n) is 11.2. The van der Waals surface area contributed by atoms with Gasteiger partial charge in [0, 0.05) is 11.6 Å². The Balaban J connectivity index is 2.10. The molecule has 0 spiro atoms. The summed E-state index contributed by atoms with van der Waals surface area (Å²) in [6.07, 6.45) is 0.890. The first-order valence-corrected chi connectivity index (χ1v) is 6.27. The number of ether oxygens (including phenoxy) is 2. The molecule has 0 radical (unpaired) electrons. The van der Waals surface area contributed by atoms with E-state index in [2.05, 4.69) is 6.92 Å². The van der Waals surface area contributed by atoms with Crippen LogP contribution < -0.4 is 9.47 Å². The van der Waals surface area contributed by atoms with E-state index in [-0.39, 0.29) is 12.4 Å². The molecule has 0 aromatic heterocycles. The van der Waals surface area contributed by atoms with Crippen molar-refractivity contribution in [2.24, 2.45) is 0 Å². The van der Waals surface area contributed by atoms with Crippen molar-refractivity contribution in [2.75, 3.05) is 7.11 Å². The Kier molecular flexibility index (Phi) is 4.39. The summed E-state index contributed by atoms with van der Waals surface area (Å²) in [5.74, 6) is 1.00. The van der Waals surface area contributed by atoms with Gasteiger partial charge in [-0.05, 0) is 30.2 Å². The molecular formula is C16H17FO2. The van der Waals surface area contributed by atoms with Crippen LogP contribution in [-0.2, 0) is 13.0 Å². The van der Waals surface area contributed by atoms with Crippen LogP contribution in [-0.4, -0.2) is 7.11 Å². The molecule has 0 atom stereocenters. The Bertz CT molecular complexity index is 552. The van der Waals surface area contributed by atoms with E-state index in [1.54, 1.807) is 12.1 Å². The fraction of sp³-hybridized carbons (Fsp3) is 0.250. The Morgan fingerprint density at radius 2 is 1.84 bits per heavy atom. The maximum Gasteiger partial charge on any atom is 0.133 e. The molecule has 0 saturated heterocycles. The second-order valence-electron chi connectivity index (χ2n) is 4.21. The van der Waals surface area contributed by atoms with Crippen molar-refractivity contribution in [3.8, 4) is 11.5 Å². The van der Waals surface area contributed by atoms with Crippen LogP contribution in [0.4, 0.5) is 4.39 Å². The fourth-order valence-electron chi connectivity index (χ4n) is 1.86. The van der Waals surface area contributed by atoms with Crippen molar-refractivity contribution in [2.45, 2.75) is 20.0 Å². The molecule has 19 heavy (non-hydrogen) atoms. The maximum atomic E-state index is 13.8. The van der Waals surface area contributed by atoms with Gasteiger partial charge in [0.15, 0.2) is 0 Å². The summed E-state index contributed by atoms with van der Waals surface area (Å²) in [5.41, 5.74) is 1.64. The van der Waals surface area contributed by atoms with Crippen LogP contribution in [0.15, 0.2) is 42.5 Å². The lowest BCUT2D eigenvalue weighted by Crippen LogP contribution is -2.00. The normalized spacial score (nSPS) is 10.3. The van der Waals surface area contributed by atoms with Crippen LogP contribution in [0.3, 0.4) is 0 Å². The number of rotatable bonds is 5. The van der Waals surface area contributed by atoms with E-state index in [0.29, 0.717) is 11.3 Å². The zero-order chi connectivity index (χ0) is 13.7. The van der Waals surface area contributed by atoms with Gasteiger partial charge in [0.05, 0.1) is 7.11 Å². The molecular weight excluding hydrogens is 243 g/mol. The van der Waals surface area contributed by atoms with Gasteiger partial charge in [0.2, 0.25) is 0 Å². The van der Waals surface area contributed by atoms with Crippen LogP contribution in [0.1, 0.15) is 18.1 Å². The fourth-order valence-corrected chi connectivity index (χ4v) is 1.86. The monoisotopic (exact) mass is 260 g/mol. The largest absolute Gasteiger partial charge is 0.497 e. The average molecular weight is 260 g/mol. The third-order valence-corrected chi connectivity index (χ3v) is 3.00. The van der Waals surface area contributed by atoms with Gasteiger partial charge >= 0.3 is 0 Å². The van der Waals surface area contributed by atoms with Gasteiger partial charge in [-0.15, -0.1) is 0 Å². The predicted octanol–water partition coefficient (Wildman–Crippen LogP) is 3.98. The van der Waals surface area contributed by atoms with Crippen molar-refractivity contribution >= 4 is 0 Å². The minimum absolute atomic E-state index is 0.215. The Labute approximate surface area is 112 Å². The molecule has 0 aliphatic rings. The molecule has 0 bridgehead atoms. The van der Waals surface area contributed by atoms with E-state index in [9.17, 15) is 4.39 Å². The second kappa shape index (κ2) is 6.23. The lowest BCUT2D eigenvalue weighted by Gasteiger charge is -2.11. The molecule has 2 nitrogen and oxygen atoms in total. The van der Waals surface area contributed by atoms with E-state index in [1.165, 1.54) is 13.2 Å². The molecule has 3 heteroatoms. The van der Waals surface area contributed by atoms with Crippen molar-refractivity contribution < 1.29 is 13.9 Å². The summed E-state index contributed by atoms with van der Waals surface area (Å²) in [5, 5.41) is 0. The van der Waals surface area contributed by atoms with Gasteiger partial charge in [-0.25, -0.2) is 4.39 Å². The highest BCUT2D eigenvalue weighted by atomic mass is 19.1. The first-order chi connectivity index (χ1) is 9.24. The minimum Gasteiger partial charge on any atom is -0.497 e. The molecule has 0 aliphatic heterocycles. The van der Waals surface area contributed by atoms with E-state index in [4.69, 9.17) is 9.47 Å². The third-order valence-electron chi connectivity index (χ3n) is 3.00. The predicted molar refractivity (Wildman–Crippen MR) is 73.1 cm³/mol. The van der Waals surface area contributed by atoms with Gasteiger partial charge in [-0.3, -0.25) is 0 Å². The molecule has 0 N–H and O–H groups in total. The second-order valence-corrected chi connectivity index (χ2v) is 4.21. The number of hydrogen-bond donors (Lipinski definition) is 0. The molecule has 2 rings (SSSR count). The van der Waals surface area contributed by atoms with Gasteiger partial charge in [-0.1, -0.05) is 25.1 Å². The third kappa shape index (κ3) is 3.25. The Hall–Kier alpha value is -2.03. The van der Waals surface area contributed by atoms with Crippen molar-refractivity contribution in [1.82, 2.24) is 0 Å². The highest BCUT2D eigenvalue weighted by Crippen LogP contribution is 2.22. The molecule has 0 fully saturated rings. The molecule has 0 unspecified atom stereocenters. The first-order valence-electron chi connectivity index (χ1n) is 6.27. The van der Waals surface area contributed by atoms with Crippen molar-refractivity contribution in [3.63, 3.8) is 0 Å². The number of methoxy groups -OCH3 is 1. The smallest absolute Gasteiger partial charge is 0.133 e. The van der Waals surface area contributed by atoms with Crippen LogP contribution >= 0.6 is 0 Å². The van der Waals surface area contributed by atoms with Crippen LogP contribution in [0.25, 0.3) is 0 Å². The van der Waals surface area contributed by atoms with Crippen LogP contribution in [0, 0.1) is 5.82 Å². The first kappa shape index (κ1) is 13.4. The summed E-state index contributed by atoms with van der Waals surface area (Å²) < 4.78 is 24.4. The van der Waals surface area contributed by atoms with Gasteiger partial charge in [0.1, 0.15) is 23.9 Å². The van der Waals surface area contributed by atoms with E-state index >= 15 is 0 Å². The number of hydrogen-bond acceptors (Lipinski definition) is 2. The molecule has 2 aromatic carbocycles. The summed E-state index contributed by atoms with van der Waals surface area (Å²) in [7, 11) is 1.52. The quantitative estimate of drug-likeness (QED) is 0.809. The summed E-state index contributed by atoms with van der Waals surface area (Å²) >= 11 is 0. The lowest BCUT2D eigenvalue weighted by atomic mass is 10.1. The van der Waals surface area contributed by atoms with E-state index in [1.807, 2.05) is 24.3 Å². The van der Waals surface area contributed by atoms with Gasteiger partial charge in [0.25, 0.3) is 0 Å². The Morgan fingerprint density at radius 3 is 2.53 bits per heavy atom. The van der Waals surface area contributed by atoms with Crippen molar-refractivity contribution in [3.05, 3.63) is 59.4 Å². The molecule has 0 heterocycles.